The number of hydrogen-bond donors (Lipinski definition) is 1. The van der Waals surface area contributed by atoms with Crippen LogP contribution >= 0.6 is 27.3 Å². The molecular formula is C14H11BrN2OS. The van der Waals surface area contributed by atoms with Crippen LogP contribution in [0.1, 0.15) is 16.7 Å². The summed E-state index contributed by atoms with van der Waals surface area (Å²) < 4.78 is 2.75. The van der Waals surface area contributed by atoms with Crippen molar-refractivity contribution in [3.63, 3.8) is 0 Å². The lowest BCUT2D eigenvalue weighted by molar-refractivity contribution is 0.215. The molecule has 3 aromatic rings. The van der Waals surface area contributed by atoms with Crippen molar-refractivity contribution in [2.75, 3.05) is 0 Å². The summed E-state index contributed by atoms with van der Waals surface area (Å²) in [5.41, 5.74) is 1.71. The van der Waals surface area contributed by atoms with Gasteiger partial charge in [-0.25, -0.2) is 4.68 Å². The van der Waals surface area contributed by atoms with Crippen molar-refractivity contribution in [2.24, 2.45) is 0 Å². The van der Waals surface area contributed by atoms with E-state index in [-0.39, 0.29) is 0 Å². The molecule has 2 heterocycles. The number of aromatic nitrogens is 2. The summed E-state index contributed by atoms with van der Waals surface area (Å²) in [6, 6.07) is 13.6. The Morgan fingerprint density at radius 2 is 2.00 bits per heavy atom. The number of thiophene rings is 1. The zero-order chi connectivity index (χ0) is 13.2. The number of halogens is 1. The van der Waals surface area contributed by atoms with Crippen molar-refractivity contribution in [1.82, 2.24) is 9.78 Å². The van der Waals surface area contributed by atoms with Gasteiger partial charge in [-0.3, -0.25) is 0 Å². The van der Waals surface area contributed by atoms with Crippen molar-refractivity contribution in [3.8, 4) is 5.69 Å². The largest absolute Gasteiger partial charge is 0.381 e. The monoisotopic (exact) mass is 334 g/mol. The molecule has 96 valence electrons. The second-order valence-corrected chi connectivity index (χ2v) is 5.93. The van der Waals surface area contributed by atoms with Crippen LogP contribution in [0.2, 0.25) is 0 Å². The third kappa shape index (κ3) is 2.49. The minimum atomic E-state index is -0.668. The third-order valence-corrected chi connectivity index (χ3v) is 4.56. The number of para-hydroxylation sites is 1. The maximum atomic E-state index is 10.5. The van der Waals surface area contributed by atoms with Crippen LogP contribution in [0.5, 0.6) is 0 Å². The Balaban J connectivity index is 2.01. The predicted molar refractivity (Wildman–Crippen MR) is 79.6 cm³/mol. The summed E-state index contributed by atoms with van der Waals surface area (Å²) in [4.78, 5) is 0.893. The molecule has 1 N–H and O–H groups in total. The van der Waals surface area contributed by atoms with E-state index in [4.69, 9.17) is 0 Å². The highest BCUT2D eigenvalue weighted by Crippen LogP contribution is 2.30. The van der Waals surface area contributed by atoms with Gasteiger partial charge in [0.05, 0.1) is 11.4 Å². The van der Waals surface area contributed by atoms with Crippen LogP contribution in [0.25, 0.3) is 5.69 Å². The molecule has 19 heavy (non-hydrogen) atoms. The Morgan fingerprint density at radius 3 is 2.68 bits per heavy atom. The van der Waals surface area contributed by atoms with E-state index in [0.717, 1.165) is 20.7 Å². The molecule has 1 atom stereocenters. The van der Waals surface area contributed by atoms with E-state index >= 15 is 0 Å². The lowest BCUT2D eigenvalue weighted by atomic mass is 10.2. The summed E-state index contributed by atoms with van der Waals surface area (Å²) in [5.74, 6) is 0. The molecule has 0 amide bonds. The normalized spacial score (nSPS) is 12.5. The second kappa shape index (κ2) is 5.28. The first kappa shape index (κ1) is 12.6. The molecule has 2 aromatic heterocycles. The van der Waals surface area contributed by atoms with E-state index < -0.39 is 6.10 Å². The zero-order valence-corrected chi connectivity index (χ0v) is 12.3. The smallest absolute Gasteiger partial charge is 0.130 e. The summed E-state index contributed by atoms with van der Waals surface area (Å²) in [5, 5.41) is 16.7. The van der Waals surface area contributed by atoms with E-state index in [1.165, 1.54) is 11.3 Å². The van der Waals surface area contributed by atoms with Gasteiger partial charge in [-0.05, 0) is 40.2 Å². The molecule has 0 spiro atoms. The molecule has 0 aliphatic rings. The molecule has 0 bridgehead atoms. The average Bonchev–Trinajstić information content (AvgIpc) is 3.07. The second-order valence-electron chi connectivity index (χ2n) is 4.07. The minimum absolute atomic E-state index is 0.668. The quantitative estimate of drug-likeness (QED) is 0.791. The first-order chi connectivity index (χ1) is 9.25. The Labute approximate surface area is 123 Å². The molecule has 3 nitrogen and oxygen atoms in total. The van der Waals surface area contributed by atoms with Gasteiger partial charge in [-0.1, -0.05) is 18.2 Å². The van der Waals surface area contributed by atoms with Gasteiger partial charge in [-0.2, -0.15) is 5.10 Å². The van der Waals surface area contributed by atoms with Gasteiger partial charge in [0.15, 0.2) is 0 Å². The lowest BCUT2D eigenvalue weighted by Gasteiger charge is -2.12. The van der Waals surface area contributed by atoms with E-state index in [1.54, 1.807) is 10.9 Å². The highest BCUT2D eigenvalue weighted by molar-refractivity contribution is 9.10. The van der Waals surface area contributed by atoms with Crippen molar-refractivity contribution >= 4 is 27.3 Å². The van der Waals surface area contributed by atoms with Gasteiger partial charge in [0.2, 0.25) is 0 Å². The predicted octanol–water partition coefficient (Wildman–Crippen LogP) is 3.78. The van der Waals surface area contributed by atoms with Crippen LogP contribution in [0.4, 0.5) is 0 Å². The number of rotatable bonds is 3. The van der Waals surface area contributed by atoms with Crippen LogP contribution in [0.15, 0.2) is 58.5 Å². The fourth-order valence-electron chi connectivity index (χ4n) is 1.92. The maximum absolute atomic E-state index is 10.5. The van der Waals surface area contributed by atoms with Crippen LogP contribution in [-0.4, -0.2) is 14.9 Å². The number of aliphatic hydroxyl groups excluding tert-OH is 1. The topological polar surface area (TPSA) is 38.1 Å². The first-order valence-corrected chi connectivity index (χ1v) is 7.44. The highest BCUT2D eigenvalue weighted by Gasteiger charge is 2.17. The highest BCUT2D eigenvalue weighted by atomic mass is 79.9. The summed E-state index contributed by atoms with van der Waals surface area (Å²) in [6.07, 6.45) is 1.03. The van der Waals surface area contributed by atoms with Crippen molar-refractivity contribution in [1.29, 1.82) is 0 Å². The Bertz CT molecular complexity index is 678. The molecule has 0 saturated carbocycles. The molecule has 3 rings (SSSR count). The third-order valence-electron chi connectivity index (χ3n) is 2.81. The summed E-state index contributed by atoms with van der Waals surface area (Å²) >= 11 is 4.93. The van der Waals surface area contributed by atoms with Crippen LogP contribution in [0.3, 0.4) is 0 Å². The standard InChI is InChI=1S/C14H11BrN2OS/c15-10-8-13(19-9-10)14(18)12-6-7-16-17(12)11-4-2-1-3-5-11/h1-9,14,18H. The SMILES string of the molecule is OC(c1cc(Br)cs1)c1ccnn1-c1ccccc1. The van der Waals surface area contributed by atoms with Crippen molar-refractivity contribution in [3.05, 3.63) is 69.1 Å². The molecule has 1 aromatic carbocycles. The molecule has 0 saturated heterocycles. The van der Waals surface area contributed by atoms with Gasteiger partial charge in [0, 0.05) is 20.9 Å². The average molecular weight is 335 g/mol. The van der Waals surface area contributed by atoms with Gasteiger partial charge >= 0.3 is 0 Å². The van der Waals surface area contributed by atoms with Crippen LogP contribution in [0, 0.1) is 0 Å². The fourth-order valence-corrected chi connectivity index (χ4v) is 3.36. The van der Waals surface area contributed by atoms with Gasteiger partial charge in [-0.15, -0.1) is 11.3 Å². The number of benzene rings is 1. The van der Waals surface area contributed by atoms with E-state index in [1.807, 2.05) is 47.8 Å². The van der Waals surface area contributed by atoms with E-state index in [0.29, 0.717) is 0 Å². The Hall–Kier alpha value is -1.43. The Morgan fingerprint density at radius 1 is 1.21 bits per heavy atom. The lowest BCUT2D eigenvalue weighted by Crippen LogP contribution is -2.07. The number of nitrogens with zero attached hydrogens (tertiary/aromatic N) is 2. The van der Waals surface area contributed by atoms with Crippen LogP contribution in [-0.2, 0) is 0 Å². The molecular weight excluding hydrogens is 324 g/mol. The molecule has 0 radical (unpaired) electrons. The molecule has 0 aliphatic carbocycles. The molecule has 1 unspecified atom stereocenters. The number of hydrogen-bond acceptors (Lipinski definition) is 3. The molecule has 5 heteroatoms. The summed E-state index contributed by atoms with van der Waals surface area (Å²) in [6.45, 7) is 0. The van der Waals surface area contributed by atoms with Gasteiger partial charge < -0.3 is 5.11 Å². The van der Waals surface area contributed by atoms with Gasteiger partial charge in [0.25, 0.3) is 0 Å². The fraction of sp³-hybridized carbons (Fsp3) is 0.0714. The number of aliphatic hydroxyl groups is 1. The van der Waals surface area contributed by atoms with Crippen LogP contribution < -0.4 is 0 Å². The zero-order valence-electron chi connectivity index (χ0n) is 9.90. The molecule has 0 fully saturated rings. The summed E-state index contributed by atoms with van der Waals surface area (Å²) in [7, 11) is 0. The molecule has 0 aliphatic heterocycles. The van der Waals surface area contributed by atoms with Gasteiger partial charge in [0.1, 0.15) is 6.10 Å². The Kier molecular flexibility index (Phi) is 3.50. The minimum Gasteiger partial charge on any atom is -0.381 e. The van der Waals surface area contributed by atoms with Crippen molar-refractivity contribution in [2.45, 2.75) is 6.10 Å². The first-order valence-electron chi connectivity index (χ1n) is 5.77. The van der Waals surface area contributed by atoms with Crippen molar-refractivity contribution < 1.29 is 5.11 Å². The maximum Gasteiger partial charge on any atom is 0.130 e. The van der Waals surface area contributed by atoms with E-state index in [9.17, 15) is 5.11 Å². The van der Waals surface area contributed by atoms with E-state index in [2.05, 4.69) is 21.0 Å².